The number of piperazine rings is 1. The molecule has 0 N–H and O–H groups in total. The monoisotopic (exact) mass is 440 g/mol. The van der Waals surface area contributed by atoms with Crippen LogP contribution in [0, 0.1) is 6.92 Å². The van der Waals surface area contributed by atoms with Crippen LogP contribution in [0.15, 0.2) is 30.6 Å². The van der Waals surface area contributed by atoms with Crippen molar-refractivity contribution < 1.29 is 8.42 Å². The predicted octanol–water partition coefficient (Wildman–Crippen LogP) is 2.39. The first-order valence-electron chi connectivity index (χ1n) is 8.67. The van der Waals surface area contributed by atoms with Gasteiger partial charge in [0.2, 0.25) is 10.0 Å². The summed E-state index contributed by atoms with van der Waals surface area (Å²) in [5.41, 5.74) is 1.45. The molecular weight excluding hydrogens is 423 g/mol. The summed E-state index contributed by atoms with van der Waals surface area (Å²) in [6.45, 7) is 3.79. The Morgan fingerprint density at radius 2 is 1.82 bits per heavy atom. The molecule has 0 bridgehead atoms. The molecule has 28 heavy (non-hydrogen) atoms. The lowest BCUT2D eigenvalue weighted by Gasteiger charge is -2.35. The molecule has 1 aliphatic heterocycles. The first-order chi connectivity index (χ1) is 13.3. The van der Waals surface area contributed by atoms with Crippen LogP contribution < -0.4 is 4.90 Å². The van der Waals surface area contributed by atoms with Crippen molar-refractivity contribution in [1.29, 1.82) is 0 Å². The Morgan fingerprint density at radius 3 is 2.54 bits per heavy atom. The second kappa shape index (κ2) is 7.47. The standard InChI is InChI=1S/C17H18Cl2N6O2S/c1-12-8-16(25-17(22-12)20-11-21-25)23-4-6-24(7-5-23)28(26,27)10-13-2-3-14(18)15(19)9-13/h2-3,8-9,11H,4-7,10H2,1H3. The van der Waals surface area contributed by atoms with E-state index in [1.165, 1.54) is 10.6 Å². The minimum atomic E-state index is -3.45. The summed E-state index contributed by atoms with van der Waals surface area (Å²) in [5.74, 6) is 1.29. The predicted molar refractivity (Wildman–Crippen MR) is 108 cm³/mol. The lowest BCUT2D eigenvalue weighted by molar-refractivity contribution is 0.382. The molecule has 3 heterocycles. The molecule has 148 valence electrons. The van der Waals surface area contributed by atoms with Crippen molar-refractivity contribution in [3.8, 4) is 0 Å². The molecule has 0 aliphatic carbocycles. The van der Waals surface area contributed by atoms with Gasteiger partial charge in [0.25, 0.3) is 5.78 Å². The van der Waals surface area contributed by atoms with E-state index < -0.39 is 10.0 Å². The summed E-state index contributed by atoms with van der Waals surface area (Å²) in [5, 5.41) is 4.98. The zero-order valence-corrected chi connectivity index (χ0v) is 17.4. The fraction of sp³-hybridized carbons (Fsp3) is 0.353. The van der Waals surface area contributed by atoms with Crippen molar-refractivity contribution in [2.24, 2.45) is 0 Å². The number of nitrogens with zero attached hydrogens (tertiary/aromatic N) is 6. The second-order valence-corrected chi connectivity index (χ2v) is 9.40. The molecule has 1 aromatic carbocycles. The molecule has 4 rings (SSSR count). The topological polar surface area (TPSA) is 83.7 Å². The van der Waals surface area contributed by atoms with Gasteiger partial charge in [0, 0.05) is 37.9 Å². The molecule has 0 atom stereocenters. The number of hydrogen-bond acceptors (Lipinski definition) is 6. The molecule has 2 aromatic heterocycles. The van der Waals surface area contributed by atoms with Gasteiger partial charge in [-0.1, -0.05) is 29.3 Å². The van der Waals surface area contributed by atoms with Crippen LogP contribution in [-0.2, 0) is 15.8 Å². The zero-order chi connectivity index (χ0) is 19.9. The van der Waals surface area contributed by atoms with Gasteiger partial charge in [-0.15, -0.1) is 0 Å². The minimum Gasteiger partial charge on any atom is -0.354 e. The molecule has 0 amide bonds. The highest BCUT2D eigenvalue weighted by atomic mass is 35.5. The average Bonchev–Trinajstić information content (AvgIpc) is 3.12. The molecule has 0 unspecified atom stereocenters. The fourth-order valence-electron chi connectivity index (χ4n) is 3.26. The highest BCUT2D eigenvalue weighted by Crippen LogP contribution is 2.25. The third-order valence-electron chi connectivity index (χ3n) is 4.65. The van der Waals surface area contributed by atoms with Crippen molar-refractivity contribution in [2.45, 2.75) is 12.7 Å². The van der Waals surface area contributed by atoms with E-state index in [9.17, 15) is 8.42 Å². The van der Waals surface area contributed by atoms with Crippen LogP contribution in [0.2, 0.25) is 10.0 Å². The molecule has 0 saturated carbocycles. The molecule has 0 radical (unpaired) electrons. The van der Waals surface area contributed by atoms with E-state index in [0.29, 0.717) is 47.6 Å². The highest BCUT2D eigenvalue weighted by molar-refractivity contribution is 7.88. The van der Waals surface area contributed by atoms with E-state index in [1.807, 2.05) is 13.0 Å². The first-order valence-corrected chi connectivity index (χ1v) is 11.0. The van der Waals surface area contributed by atoms with E-state index in [-0.39, 0.29) is 5.75 Å². The van der Waals surface area contributed by atoms with Crippen LogP contribution in [-0.4, -0.2) is 58.5 Å². The van der Waals surface area contributed by atoms with Crippen molar-refractivity contribution in [2.75, 3.05) is 31.1 Å². The third kappa shape index (κ3) is 3.80. The van der Waals surface area contributed by atoms with Crippen LogP contribution in [0.4, 0.5) is 5.82 Å². The quantitative estimate of drug-likeness (QED) is 0.619. The van der Waals surface area contributed by atoms with E-state index in [1.54, 1.807) is 22.7 Å². The maximum absolute atomic E-state index is 12.8. The van der Waals surface area contributed by atoms with Crippen LogP contribution in [0.3, 0.4) is 0 Å². The van der Waals surface area contributed by atoms with Gasteiger partial charge in [0.15, 0.2) is 0 Å². The molecular formula is C17H18Cl2N6O2S. The smallest absolute Gasteiger partial charge is 0.254 e. The highest BCUT2D eigenvalue weighted by Gasteiger charge is 2.28. The fourth-order valence-corrected chi connectivity index (χ4v) is 5.09. The number of rotatable bonds is 4. The maximum atomic E-state index is 12.8. The van der Waals surface area contributed by atoms with Crippen LogP contribution in [0.5, 0.6) is 0 Å². The minimum absolute atomic E-state index is 0.106. The lowest BCUT2D eigenvalue weighted by atomic mass is 10.2. The molecule has 3 aromatic rings. The number of hydrogen-bond donors (Lipinski definition) is 0. The number of fused-ring (bicyclic) bond motifs is 1. The van der Waals surface area contributed by atoms with Crippen molar-refractivity contribution in [3.05, 3.63) is 51.9 Å². The maximum Gasteiger partial charge on any atom is 0.254 e. The first kappa shape index (κ1) is 19.4. The van der Waals surface area contributed by atoms with Crippen LogP contribution in [0.1, 0.15) is 11.3 Å². The lowest BCUT2D eigenvalue weighted by Crippen LogP contribution is -2.49. The molecule has 1 saturated heterocycles. The molecule has 1 fully saturated rings. The van der Waals surface area contributed by atoms with Crippen molar-refractivity contribution >= 4 is 44.8 Å². The normalized spacial score (nSPS) is 16.0. The van der Waals surface area contributed by atoms with Gasteiger partial charge in [0.1, 0.15) is 12.1 Å². The van der Waals surface area contributed by atoms with Crippen LogP contribution in [0.25, 0.3) is 5.78 Å². The summed E-state index contributed by atoms with van der Waals surface area (Å²) in [6, 6.07) is 6.82. The van der Waals surface area contributed by atoms with Gasteiger partial charge in [0.05, 0.1) is 15.8 Å². The van der Waals surface area contributed by atoms with Gasteiger partial charge >= 0.3 is 0 Å². The van der Waals surface area contributed by atoms with E-state index in [0.717, 1.165) is 11.5 Å². The molecule has 1 aliphatic rings. The Labute approximate surface area is 172 Å². The van der Waals surface area contributed by atoms with Crippen LogP contribution >= 0.6 is 23.2 Å². The summed E-state index contributed by atoms with van der Waals surface area (Å²) in [6.07, 6.45) is 1.46. The Morgan fingerprint density at radius 1 is 1.07 bits per heavy atom. The Kier molecular flexibility index (Phi) is 5.17. The number of aryl methyl sites for hydroxylation is 1. The second-order valence-electron chi connectivity index (χ2n) is 6.62. The van der Waals surface area contributed by atoms with Gasteiger partial charge in [-0.25, -0.2) is 13.4 Å². The van der Waals surface area contributed by atoms with Crippen molar-refractivity contribution in [3.63, 3.8) is 0 Å². The number of aromatic nitrogens is 4. The average molecular weight is 441 g/mol. The van der Waals surface area contributed by atoms with Gasteiger partial charge in [-0.3, -0.25) is 0 Å². The SMILES string of the molecule is Cc1cc(N2CCN(S(=O)(=O)Cc3ccc(Cl)c(Cl)c3)CC2)n2ncnc2n1. The Balaban J connectivity index is 1.48. The van der Waals surface area contributed by atoms with E-state index >= 15 is 0 Å². The van der Waals surface area contributed by atoms with Gasteiger partial charge < -0.3 is 4.90 Å². The largest absolute Gasteiger partial charge is 0.354 e. The summed E-state index contributed by atoms with van der Waals surface area (Å²) < 4.78 is 28.8. The Hall–Kier alpha value is -1.94. The number of anilines is 1. The summed E-state index contributed by atoms with van der Waals surface area (Å²) >= 11 is 11.9. The Bertz CT molecular complexity index is 1130. The van der Waals surface area contributed by atoms with Gasteiger partial charge in [-0.05, 0) is 24.6 Å². The van der Waals surface area contributed by atoms with E-state index in [2.05, 4.69) is 20.0 Å². The number of sulfonamides is 1. The molecule has 11 heteroatoms. The summed E-state index contributed by atoms with van der Waals surface area (Å²) in [4.78, 5) is 10.6. The third-order valence-corrected chi connectivity index (χ3v) is 7.24. The zero-order valence-electron chi connectivity index (χ0n) is 15.1. The number of benzene rings is 1. The summed E-state index contributed by atoms with van der Waals surface area (Å²) in [7, 11) is -3.45. The van der Waals surface area contributed by atoms with Crippen molar-refractivity contribution in [1.82, 2.24) is 23.9 Å². The van der Waals surface area contributed by atoms with E-state index in [4.69, 9.17) is 23.2 Å². The molecule has 8 nitrogen and oxygen atoms in total. The number of halogens is 2. The van der Waals surface area contributed by atoms with Gasteiger partial charge in [-0.2, -0.15) is 18.9 Å². The molecule has 0 spiro atoms.